The molecule has 0 radical (unpaired) electrons. The minimum Gasteiger partial charge on any atom is -0.366 e. The van der Waals surface area contributed by atoms with Gasteiger partial charge >= 0.3 is 0 Å². The third-order valence-corrected chi connectivity index (χ3v) is 6.69. The van der Waals surface area contributed by atoms with Crippen LogP contribution in [0.2, 0.25) is 0 Å². The third-order valence-electron chi connectivity index (χ3n) is 6.69. The number of nitrogens with zero attached hydrogens (tertiary/aromatic N) is 5. The van der Waals surface area contributed by atoms with Gasteiger partial charge in [-0.3, -0.25) is 4.79 Å². The molecule has 0 unspecified atom stereocenters. The molecule has 2 fully saturated rings. The largest absolute Gasteiger partial charge is 0.366 e. The molecule has 34 heavy (non-hydrogen) atoms. The summed E-state index contributed by atoms with van der Waals surface area (Å²) in [5.74, 6) is 1.09. The molecule has 7 heteroatoms. The van der Waals surface area contributed by atoms with Crippen molar-refractivity contribution in [1.82, 2.24) is 14.9 Å². The van der Waals surface area contributed by atoms with E-state index in [0.29, 0.717) is 49.1 Å². The lowest BCUT2D eigenvalue weighted by molar-refractivity contribution is 0.0724. The van der Waals surface area contributed by atoms with Crippen molar-refractivity contribution in [2.45, 2.75) is 26.2 Å². The average molecular weight is 460 g/mol. The Balaban J connectivity index is 1.45. The van der Waals surface area contributed by atoms with Crippen molar-refractivity contribution in [3.8, 4) is 11.4 Å². The number of benzene rings is 2. The minimum absolute atomic E-state index is 0.00188. The first-order valence-electron chi connectivity index (χ1n) is 12.1. The molecular formula is C27H30FN5O. The maximum atomic E-state index is 14.3. The first-order valence-corrected chi connectivity index (χ1v) is 12.1. The van der Waals surface area contributed by atoms with Crippen LogP contribution in [0.4, 0.5) is 15.9 Å². The summed E-state index contributed by atoms with van der Waals surface area (Å²) in [6, 6.07) is 15.0. The van der Waals surface area contributed by atoms with Gasteiger partial charge in [-0.1, -0.05) is 35.9 Å². The number of hydrogen-bond acceptors (Lipinski definition) is 5. The van der Waals surface area contributed by atoms with Crippen LogP contribution in [0.25, 0.3) is 11.4 Å². The van der Waals surface area contributed by atoms with Gasteiger partial charge in [0.05, 0.1) is 5.69 Å². The van der Waals surface area contributed by atoms with Gasteiger partial charge in [-0.25, -0.2) is 14.4 Å². The fourth-order valence-electron chi connectivity index (χ4n) is 4.82. The highest BCUT2D eigenvalue weighted by atomic mass is 19.1. The van der Waals surface area contributed by atoms with Gasteiger partial charge in [-0.05, 0) is 44.4 Å². The van der Waals surface area contributed by atoms with Crippen LogP contribution in [-0.4, -0.2) is 60.0 Å². The van der Waals surface area contributed by atoms with Crippen LogP contribution in [0.15, 0.2) is 54.7 Å². The van der Waals surface area contributed by atoms with Gasteiger partial charge in [0.25, 0.3) is 5.91 Å². The lowest BCUT2D eigenvalue weighted by Crippen LogP contribution is -2.48. The van der Waals surface area contributed by atoms with E-state index in [1.54, 1.807) is 12.3 Å². The monoisotopic (exact) mass is 459 g/mol. The highest BCUT2D eigenvalue weighted by Gasteiger charge is 2.28. The molecule has 0 saturated carbocycles. The van der Waals surface area contributed by atoms with Crippen LogP contribution in [0.3, 0.4) is 0 Å². The van der Waals surface area contributed by atoms with Gasteiger partial charge in [0.1, 0.15) is 17.2 Å². The molecule has 0 aliphatic carbocycles. The van der Waals surface area contributed by atoms with Gasteiger partial charge in [-0.15, -0.1) is 0 Å². The maximum absolute atomic E-state index is 14.3. The van der Waals surface area contributed by atoms with Crippen molar-refractivity contribution in [3.05, 3.63) is 71.7 Å². The second kappa shape index (κ2) is 9.79. The van der Waals surface area contributed by atoms with Crippen LogP contribution in [-0.2, 0) is 0 Å². The lowest BCUT2D eigenvalue weighted by Gasteiger charge is -2.38. The van der Waals surface area contributed by atoms with E-state index < -0.39 is 0 Å². The molecule has 0 spiro atoms. The summed E-state index contributed by atoms with van der Waals surface area (Å²) in [7, 11) is 0. The van der Waals surface area contributed by atoms with Crippen LogP contribution >= 0.6 is 0 Å². The van der Waals surface area contributed by atoms with Gasteiger partial charge in [0, 0.05) is 51.0 Å². The van der Waals surface area contributed by atoms with E-state index in [1.807, 2.05) is 42.2 Å². The van der Waals surface area contributed by atoms with Gasteiger partial charge in [-0.2, -0.15) is 0 Å². The number of halogens is 1. The summed E-state index contributed by atoms with van der Waals surface area (Å²) in [5, 5.41) is 0. The summed E-state index contributed by atoms with van der Waals surface area (Å²) in [6.07, 6.45) is 4.92. The Morgan fingerprint density at radius 2 is 1.62 bits per heavy atom. The predicted octanol–water partition coefficient (Wildman–Crippen LogP) is 4.54. The van der Waals surface area contributed by atoms with Crippen LogP contribution in [0.1, 0.15) is 35.2 Å². The first-order chi connectivity index (χ1) is 16.6. The molecule has 2 aliphatic rings. The molecule has 0 N–H and O–H groups in total. The van der Waals surface area contributed by atoms with Crippen LogP contribution in [0.5, 0.6) is 0 Å². The zero-order valence-corrected chi connectivity index (χ0v) is 19.6. The number of rotatable bonds is 4. The standard InChI is InChI=1S/C27H30FN5O/c1-20-8-7-9-21(18-20)25-29-19-22(27(34)33-12-5-2-6-13-33)26(30-25)32-16-14-31(15-17-32)24-11-4-3-10-23(24)28/h3-4,7-11,18-19H,2,5-6,12-17H2,1H3. The Kier molecular flexibility index (Phi) is 6.43. The minimum atomic E-state index is -0.208. The van der Waals surface area contributed by atoms with Crippen molar-refractivity contribution in [3.63, 3.8) is 0 Å². The molecule has 2 aromatic carbocycles. The van der Waals surface area contributed by atoms with E-state index in [9.17, 15) is 9.18 Å². The summed E-state index contributed by atoms with van der Waals surface area (Å²) < 4.78 is 14.3. The number of carbonyl (C=O) groups is 1. The molecule has 2 saturated heterocycles. The molecule has 176 valence electrons. The highest BCUT2D eigenvalue weighted by molar-refractivity contribution is 5.99. The number of carbonyl (C=O) groups excluding carboxylic acids is 1. The Hall–Kier alpha value is -3.48. The number of aryl methyl sites for hydroxylation is 1. The van der Waals surface area contributed by atoms with E-state index >= 15 is 0 Å². The molecule has 0 atom stereocenters. The SMILES string of the molecule is Cc1cccc(-c2ncc(C(=O)N3CCCCC3)c(N3CCN(c4ccccc4F)CC3)n2)c1. The molecule has 6 nitrogen and oxygen atoms in total. The summed E-state index contributed by atoms with van der Waals surface area (Å²) >= 11 is 0. The second-order valence-corrected chi connectivity index (χ2v) is 9.08. The quantitative estimate of drug-likeness (QED) is 0.573. The first kappa shape index (κ1) is 22.3. The van der Waals surface area contributed by atoms with Gasteiger partial charge < -0.3 is 14.7 Å². The van der Waals surface area contributed by atoms with Crippen LogP contribution in [0, 0.1) is 12.7 Å². The zero-order chi connectivity index (χ0) is 23.5. The summed E-state index contributed by atoms with van der Waals surface area (Å²) in [6.45, 7) is 6.21. The smallest absolute Gasteiger partial charge is 0.259 e. The number of piperidine rings is 1. The summed E-state index contributed by atoms with van der Waals surface area (Å²) in [4.78, 5) is 29.1. The number of anilines is 2. The van der Waals surface area contributed by atoms with E-state index in [1.165, 1.54) is 6.07 Å². The van der Waals surface area contributed by atoms with E-state index in [-0.39, 0.29) is 11.7 Å². The van der Waals surface area contributed by atoms with E-state index in [4.69, 9.17) is 4.98 Å². The number of para-hydroxylation sites is 1. The normalized spacial score (nSPS) is 16.6. The van der Waals surface area contributed by atoms with Crippen molar-refractivity contribution in [2.24, 2.45) is 0 Å². The van der Waals surface area contributed by atoms with Crippen molar-refractivity contribution < 1.29 is 9.18 Å². The Morgan fingerprint density at radius 1 is 0.882 bits per heavy atom. The molecule has 1 amide bonds. The predicted molar refractivity (Wildman–Crippen MR) is 133 cm³/mol. The lowest BCUT2D eigenvalue weighted by atomic mass is 10.1. The number of hydrogen-bond donors (Lipinski definition) is 0. The third kappa shape index (κ3) is 4.60. The number of amides is 1. The van der Waals surface area contributed by atoms with Crippen molar-refractivity contribution >= 4 is 17.4 Å². The molecule has 0 bridgehead atoms. The van der Waals surface area contributed by atoms with Crippen molar-refractivity contribution in [2.75, 3.05) is 49.1 Å². The van der Waals surface area contributed by atoms with E-state index in [2.05, 4.69) is 20.9 Å². The highest BCUT2D eigenvalue weighted by Crippen LogP contribution is 2.28. The average Bonchev–Trinajstić information content (AvgIpc) is 2.89. The molecular weight excluding hydrogens is 429 g/mol. The molecule has 2 aliphatic heterocycles. The second-order valence-electron chi connectivity index (χ2n) is 9.08. The molecule has 5 rings (SSSR count). The van der Waals surface area contributed by atoms with Gasteiger partial charge in [0.2, 0.25) is 0 Å². The molecule has 3 aromatic rings. The van der Waals surface area contributed by atoms with Gasteiger partial charge in [0.15, 0.2) is 5.82 Å². The summed E-state index contributed by atoms with van der Waals surface area (Å²) in [5.41, 5.74) is 3.24. The molecule has 3 heterocycles. The number of piperazine rings is 1. The maximum Gasteiger partial charge on any atom is 0.259 e. The Morgan fingerprint density at radius 3 is 2.35 bits per heavy atom. The van der Waals surface area contributed by atoms with Crippen LogP contribution < -0.4 is 9.80 Å². The number of likely N-dealkylation sites (tertiary alicyclic amines) is 1. The zero-order valence-electron chi connectivity index (χ0n) is 19.6. The van der Waals surface area contributed by atoms with E-state index in [0.717, 1.165) is 43.5 Å². The fraction of sp³-hybridized carbons (Fsp3) is 0.370. The Labute approximate surface area is 200 Å². The Bertz CT molecular complexity index is 1170. The number of aromatic nitrogens is 2. The molecule has 1 aromatic heterocycles. The fourth-order valence-corrected chi connectivity index (χ4v) is 4.82. The van der Waals surface area contributed by atoms with Crippen molar-refractivity contribution in [1.29, 1.82) is 0 Å². The topological polar surface area (TPSA) is 52.6 Å².